The maximum absolute atomic E-state index is 10.8. The Bertz CT molecular complexity index is 376. The predicted molar refractivity (Wildman–Crippen MR) is 56.4 cm³/mol. The number of nitrogens with zero attached hydrogens (tertiary/aromatic N) is 1. The Balaban J connectivity index is 0.000000171. The second-order valence-electron chi connectivity index (χ2n) is 4.29. The molecule has 0 aromatic rings. The van der Waals surface area contributed by atoms with E-state index in [9.17, 15) is 19.2 Å². The molecular formula is C11H15NO5. The lowest BCUT2D eigenvalue weighted by atomic mass is 10.1. The van der Waals surface area contributed by atoms with Gasteiger partial charge in [0, 0.05) is 19.4 Å². The van der Waals surface area contributed by atoms with E-state index in [0.717, 1.165) is 0 Å². The Morgan fingerprint density at radius 2 is 1.65 bits per heavy atom. The van der Waals surface area contributed by atoms with Gasteiger partial charge in [0.25, 0.3) is 0 Å². The average molecular weight is 241 g/mol. The number of carbonyl (C=O) groups excluding carboxylic acids is 4. The number of amides is 2. The van der Waals surface area contributed by atoms with Gasteiger partial charge in [-0.05, 0) is 0 Å². The van der Waals surface area contributed by atoms with E-state index in [-0.39, 0.29) is 30.1 Å². The minimum atomic E-state index is -0.400. The van der Waals surface area contributed by atoms with Gasteiger partial charge in [-0.2, -0.15) is 0 Å². The summed E-state index contributed by atoms with van der Waals surface area (Å²) in [5.41, 5.74) is 0. The van der Waals surface area contributed by atoms with Gasteiger partial charge in [-0.1, -0.05) is 13.8 Å². The molecule has 0 unspecified atom stereocenters. The minimum Gasteiger partial charge on any atom is -0.393 e. The number of carbonyl (C=O) groups is 4. The zero-order valence-corrected chi connectivity index (χ0v) is 10.1. The van der Waals surface area contributed by atoms with E-state index in [0.29, 0.717) is 6.42 Å². The van der Waals surface area contributed by atoms with Gasteiger partial charge in [0.2, 0.25) is 11.8 Å². The first kappa shape index (κ1) is 13.3. The van der Waals surface area contributed by atoms with E-state index in [1.807, 2.05) is 0 Å². The van der Waals surface area contributed by atoms with E-state index in [1.54, 1.807) is 13.8 Å². The van der Waals surface area contributed by atoms with Crippen molar-refractivity contribution in [1.29, 1.82) is 0 Å². The van der Waals surface area contributed by atoms with Crippen LogP contribution in [-0.2, 0) is 23.9 Å². The van der Waals surface area contributed by atoms with Crippen LogP contribution >= 0.6 is 0 Å². The maximum atomic E-state index is 10.8. The van der Waals surface area contributed by atoms with Gasteiger partial charge in [-0.15, -0.1) is 0 Å². The summed E-state index contributed by atoms with van der Waals surface area (Å²) < 4.78 is 4.20. The van der Waals surface area contributed by atoms with Gasteiger partial charge >= 0.3 is 11.9 Å². The maximum Gasteiger partial charge on any atom is 0.316 e. The van der Waals surface area contributed by atoms with E-state index in [4.69, 9.17) is 0 Å². The number of rotatable bonds is 0. The number of imide groups is 1. The van der Waals surface area contributed by atoms with E-state index >= 15 is 0 Å². The lowest BCUT2D eigenvalue weighted by Crippen LogP contribution is -2.24. The molecule has 17 heavy (non-hydrogen) atoms. The molecule has 0 saturated carbocycles. The molecule has 94 valence electrons. The lowest BCUT2D eigenvalue weighted by Gasteiger charge is -2.03. The number of hydrogen-bond acceptors (Lipinski definition) is 5. The van der Waals surface area contributed by atoms with E-state index in [1.165, 1.54) is 11.9 Å². The largest absolute Gasteiger partial charge is 0.393 e. The molecule has 0 spiro atoms. The first-order valence-corrected chi connectivity index (χ1v) is 5.37. The summed E-state index contributed by atoms with van der Waals surface area (Å²) in [5, 5.41) is 0. The molecule has 0 aromatic carbocycles. The average Bonchev–Trinajstić information content (AvgIpc) is 2.64. The standard InChI is InChI=1S/C6H9NO2.C5H6O3/c1-4-3-5(8)7(2)6(4)9;1-3-2-4(6)8-5(3)7/h4H,3H2,1-2H3;3H,2H2,1H3/t4-;3-/m00/s1. The molecular weight excluding hydrogens is 226 g/mol. The van der Waals surface area contributed by atoms with Crippen molar-refractivity contribution in [3.63, 3.8) is 0 Å². The Kier molecular flexibility index (Phi) is 3.98. The highest BCUT2D eigenvalue weighted by molar-refractivity contribution is 6.02. The van der Waals surface area contributed by atoms with Crippen molar-refractivity contribution < 1.29 is 23.9 Å². The fourth-order valence-electron chi connectivity index (χ4n) is 1.53. The van der Waals surface area contributed by atoms with Crippen molar-refractivity contribution in [1.82, 2.24) is 4.90 Å². The zero-order valence-electron chi connectivity index (χ0n) is 10.1. The monoisotopic (exact) mass is 241 g/mol. The first-order chi connectivity index (χ1) is 7.82. The molecule has 0 bridgehead atoms. The highest BCUT2D eigenvalue weighted by Crippen LogP contribution is 2.15. The fraction of sp³-hybridized carbons (Fsp3) is 0.636. The molecule has 2 atom stereocenters. The quantitative estimate of drug-likeness (QED) is 0.341. The van der Waals surface area contributed by atoms with Crippen LogP contribution in [0, 0.1) is 11.8 Å². The summed E-state index contributed by atoms with van der Waals surface area (Å²) in [6.07, 6.45) is 0.633. The number of esters is 2. The number of likely N-dealkylation sites (tertiary alicyclic amines) is 1. The summed E-state index contributed by atoms with van der Waals surface area (Å²) in [6.45, 7) is 3.44. The second kappa shape index (κ2) is 5.07. The van der Waals surface area contributed by atoms with Gasteiger partial charge in [0.15, 0.2) is 0 Å². The van der Waals surface area contributed by atoms with Crippen LogP contribution in [0.5, 0.6) is 0 Å². The molecule has 6 heteroatoms. The van der Waals surface area contributed by atoms with Crippen LogP contribution in [0.1, 0.15) is 26.7 Å². The third kappa shape index (κ3) is 3.12. The zero-order chi connectivity index (χ0) is 13.2. The van der Waals surface area contributed by atoms with Crippen molar-refractivity contribution in [2.45, 2.75) is 26.7 Å². The molecule has 2 amide bonds. The lowest BCUT2D eigenvalue weighted by molar-refractivity contribution is -0.153. The Hall–Kier alpha value is -1.72. The second-order valence-corrected chi connectivity index (χ2v) is 4.29. The highest BCUT2D eigenvalue weighted by atomic mass is 16.6. The summed E-state index contributed by atoms with van der Waals surface area (Å²) in [7, 11) is 1.52. The van der Waals surface area contributed by atoms with Gasteiger partial charge in [-0.3, -0.25) is 24.1 Å². The Morgan fingerprint density at radius 3 is 1.76 bits per heavy atom. The molecule has 6 nitrogen and oxygen atoms in total. The van der Waals surface area contributed by atoms with E-state index in [2.05, 4.69) is 4.74 Å². The fourth-order valence-corrected chi connectivity index (χ4v) is 1.53. The molecule has 2 saturated heterocycles. The number of cyclic esters (lactones) is 2. The normalized spacial score (nSPS) is 28.1. The Labute approximate surface area is 98.9 Å². The van der Waals surface area contributed by atoms with Crippen molar-refractivity contribution in [2.24, 2.45) is 11.8 Å². The molecule has 0 radical (unpaired) electrons. The molecule has 2 aliphatic heterocycles. The summed E-state index contributed by atoms with van der Waals surface area (Å²) in [5.74, 6) is -1.23. The smallest absolute Gasteiger partial charge is 0.316 e. The third-order valence-corrected chi connectivity index (χ3v) is 2.70. The van der Waals surface area contributed by atoms with Crippen molar-refractivity contribution in [2.75, 3.05) is 7.05 Å². The van der Waals surface area contributed by atoms with Crippen LogP contribution in [-0.4, -0.2) is 35.7 Å². The molecule has 2 heterocycles. The van der Waals surface area contributed by atoms with Gasteiger partial charge in [-0.25, -0.2) is 0 Å². The molecule has 0 aromatic heterocycles. The minimum absolute atomic E-state index is 0.0556. The van der Waals surface area contributed by atoms with Crippen LogP contribution < -0.4 is 0 Å². The molecule has 2 aliphatic rings. The molecule has 0 aliphatic carbocycles. The van der Waals surface area contributed by atoms with Crippen molar-refractivity contribution in [3.8, 4) is 0 Å². The van der Waals surface area contributed by atoms with Crippen LogP contribution in [0.2, 0.25) is 0 Å². The molecule has 2 fully saturated rings. The van der Waals surface area contributed by atoms with Gasteiger partial charge in [0.1, 0.15) is 0 Å². The SMILES string of the molecule is C[C@H]1CC(=O)N(C)C1=O.C[C@H]1CC(=O)OC1=O. The topological polar surface area (TPSA) is 80.8 Å². The van der Waals surface area contributed by atoms with Crippen LogP contribution in [0.3, 0.4) is 0 Å². The van der Waals surface area contributed by atoms with Crippen LogP contribution in [0.15, 0.2) is 0 Å². The number of ether oxygens (including phenoxy) is 1. The van der Waals surface area contributed by atoms with Crippen LogP contribution in [0.4, 0.5) is 0 Å². The van der Waals surface area contributed by atoms with Gasteiger partial charge in [0.05, 0.1) is 12.3 Å². The molecule has 2 rings (SSSR count). The van der Waals surface area contributed by atoms with E-state index < -0.39 is 11.9 Å². The summed E-state index contributed by atoms with van der Waals surface area (Å²) in [4.78, 5) is 43.3. The summed E-state index contributed by atoms with van der Waals surface area (Å²) in [6, 6.07) is 0. The van der Waals surface area contributed by atoms with Gasteiger partial charge < -0.3 is 4.74 Å². The number of hydrogen-bond donors (Lipinski definition) is 0. The third-order valence-electron chi connectivity index (χ3n) is 2.70. The first-order valence-electron chi connectivity index (χ1n) is 5.37. The van der Waals surface area contributed by atoms with Crippen molar-refractivity contribution >= 4 is 23.8 Å². The van der Waals surface area contributed by atoms with Crippen LogP contribution in [0.25, 0.3) is 0 Å². The molecule has 0 N–H and O–H groups in total. The summed E-state index contributed by atoms with van der Waals surface area (Å²) >= 11 is 0. The Morgan fingerprint density at radius 1 is 1.06 bits per heavy atom. The highest BCUT2D eigenvalue weighted by Gasteiger charge is 2.32. The van der Waals surface area contributed by atoms with Crippen molar-refractivity contribution in [3.05, 3.63) is 0 Å². The predicted octanol–water partition coefficient (Wildman–Crippen LogP) is 0.107.